The molecule has 0 saturated heterocycles. The van der Waals surface area contributed by atoms with Crippen molar-refractivity contribution in [1.29, 1.82) is 0 Å². The van der Waals surface area contributed by atoms with Crippen molar-refractivity contribution in [3.63, 3.8) is 0 Å². The molecule has 0 bridgehead atoms. The Morgan fingerprint density at radius 3 is 2.33 bits per heavy atom. The van der Waals surface area contributed by atoms with Gasteiger partial charge in [0.2, 0.25) is 0 Å². The molecule has 4 rings (SSSR count). The number of amides is 1. The number of aryl methyl sites for hydroxylation is 1. The normalized spacial score (nSPS) is 11.6. The quantitative estimate of drug-likeness (QED) is 0.444. The number of benzene rings is 1. The van der Waals surface area contributed by atoms with Crippen LogP contribution in [0.25, 0.3) is 10.2 Å². The zero-order valence-electron chi connectivity index (χ0n) is 15.8. The third-order valence-electron chi connectivity index (χ3n) is 4.67. The Morgan fingerprint density at radius 1 is 1.00 bits per heavy atom. The Kier molecular flexibility index (Phi) is 5.26. The Bertz CT molecular complexity index is 1200. The summed E-state index contributed by atoms with van der Waals surface area (Å²) in [5, 5.41) is 3.35. The fourth-order valence-electron chi connectivity index (χ4n) is 3.10. The summed E-state index contributed by atoms with van der Waals surface area (Å²) in [6.45, 7) is 1.71. The molecule has 3 aromatic heterocycles. The molecule has 1 aromatic carbocycles. The van der Waals surface area contributed by atoms with Crippen molar-refractivity contribution in [2.75, 3.05) is 5.32 Å². The molecule has 0 atom stereocenters. The Balaban J connectivity index is 1.52. The number of aromatic nitrogens is 2. The van der Waals surface area contributed by atoms with Gasteiger partial charge in [-0.2, -0.15) is 13.2 Å². The summed E-state index contributed by atoms with van der Waals surface area (Å²) >= 11 is 0.957. The van der Waals surface area contributed by atoms with E-state index in [1.54, 1.807) is 31.5 Å². The summed E-state index contributed by atoms with van der Waals surface area (Å²) < 4.78 is 38.7. The van der Waals surface area contributed by atoms with E-state index in [1.165, 1.54) is 6.07 Å². The second kappa shape index (κ2) is 7.87. The molecule has 0 aliphatic carbocycles. The Labute approximate surface area is 174 Å². The number of carbonyl (C=O) groups excluding carboxylic acids is 1. The molecule has 0 spiro atoms. The van der Waals surface area contributed by atoms with E-state index >= 15 is 0 Å². The lowest BCUT2D eigenvalue weighted by Gasteiger charge is -2.06. The number of nitrogens with one attached hydrogen (secondary N) is 1. The maximum absolute atomic E-state index is 12.9. The van der Waals surface area contributed by atoms with Crippen molar-refractivity contribution in [3.05, 3.63) is 88.2 Å². The number of hydrogen-bond donors (Lipinski definition) is 1. The van der Waals surface area contributed by atoms with Gasteiger partial charge in [-0.3, -0.25) is 9.78 Å². The first-order valence-electron chi connectivity index (χ1n) is 9.08. The molecule has 0 saturated carbocycles. The second-order valence-corrected chi connectivity index (χ2v) is 7.79. The van der Waals surface area contributed by atoms with Crippen molar-refractivity contribution < 1.29 is 18.0 Å². The van der Waals surface area contributed by atoms with Crippen LogP contribution >= 0.6 is 11.3 Å². The van der Waals surface area contributed by atoms with Crippen LogP contribution in [0.4, 0.5) is 18.9 Å². The van der Waals surface area contributed by atoms with Gasteiger partial charge in [0.25, 0.3) is 5.91 Å². The van der Waals surface area contributed by atoms with Gasteiger partial charge in [-0.25, -0.2) is 4.98 Å². The van der Waals surface area contributed by atoms with Gasteiger partial charge in [0, 0.05) is 23.5 Å². The van der Waals surface area contributed by atoms with Crippen LogP contribution in [0.5, 0.6) is 0 Å². The lowest BCUT2D eigenvalue weighted by atomic mass is 10.1. The summed E-state index contributed by atoms with van der Waals surface area (Å²) in [6.07, 6.45) is -0.292. The van der Waals surface area contributed by atoms with Crippen molar-refractivity contribution in [3.8, 4) is 0 Å². The third-order valence-corrected chi connectivity index (χ3v) is 5.87. The van der Waals surface area contributed by atoms with Crippen LogP contribution in [0.1, 0.15) is 32.1 Å². The number of alkyl halides is 3. The van der Waals surface area contributed by atoms with Gasteiger partial charge < -0.3 is 5.32 Å². The first-order chi connectivity index (χ1) is 14.3. The number of nitrogens with zero attached hydrogens (tertiary/aromatic N) is 2. The number of fused-ring (bicyclic) bond motifs is 1. The Hall–Kier alpha value is -3.26. The van der Waals surface area contributed by atoms with E-state index in [0.717, 1.165) is 35.0 Å². The second-order valence-electron chi connectivity index (χ2n) is 6.79. The number of rotatable bonds is 4. The van der Waals surface area contributed by atoms with Gasteiger partial charge in [0.1, 0.15) is 10.5 Å². The smallest absolute Gasteiger partial charge is 0.321 e. The van der Waals surface area contributed by atoms with Crippen LogP contribution in [0, 0.1) is 6.92 Å². The Morgan fingerprint density at radius 2 is 1.67 bits per heavy atom. The molecule has 152 valence electrons. The monoisotopic (exact) mass is 427 g/mol. The van der Waals surface area contributed by atoms with E-state index in [9.17, 15) is 18.0 Å². The molecule has 0 aliphatic heterocycles. The van der Waals surface area contributed by atoms with Crippen molar-refractivity contribution >= 4 is 33.1 Å². The van der Waals surface area contributed by atoms with Crippen LogP contribution in [0.3, 0.4) is 0 Å². The van der Waals surface area contributed by atoms with Crippen LogP contribution in [-0.2, 0) is 12.6 Å². The van der Waals surface area contributed by atoms with Gasteiger partial charge in [-0.1, -0.05) is 12.1 Å². The van der Waals surface area contributed by atoms with Crippen molar-refractivity contribution in [2.45, 2.75) is 19.5 Å². The number of anilines is 1. The highest BCUT2D eigenvalue weighted by Crippen LogP contribution is 2.34. The highest BCUT2D eigenvalue weighted by Gasteiger charge is 2.33. The van der Waals surface area contributed by atoms with Crippen molar-refractivity contribution in [1.82, 2.24) is 9.97 Å². The zero-order chi connectivity index (χ0) is 21.3. The number of thiophene rings is 1. The fourth-order valence-corrected chi connectivity index (χ4v) is 4.18. The predicted octanol–water partition coefficient (Wildman–Crippen LogP) is 5.86. The maximum atomic E-state index is 12.9. The molecule has 0 radical (unpaired) electrons. The van der Waals surface area contributed by atoms with E-state index in [0.29, 0.717) is 21.5 Å². The highest BCUT2D eigenvalue weighted by atomic mass is 32.1. The van der Waals surface area contributed by atoms with Gasteiger partial charge >= 0.3 is 6.18 Å². The molecule has 1 amide bonds. The molecular weight excluding hydrogens is 411 g/mol. The molecule has 4 aromatic rings. The van der Waals surface area contributed by atoms with Crippen LogP contribution < -0.4 is 5.32 Å². The zero-order valence-corrected chi connectivity index (χ0v) is 16.6. The summed E-state index contributed by atoms with van der Waals surface area (Å²) in [5.74, 6) is -0.369. The van der Waals surface area contributed by atoms with E-state index in [-0.39, 0.29) is 10.7 Å². The standard InChI is InChI=1S/C22H16F3N3OS/c1-13-17-6-7-18(22(23,24)25)28-21(17)30-19(13)20(29)27-16-4-2-14(3-5-16)12-15-8-10-26-11-9-15/h2-11H,12H2,1H3,(H,27,29). The minimum absolute atomic E-state index is 0.195. The SMILES string of the molecule is Cc1c(C(=O)Nc2ccc(Cc3ccncc3)cc2)sc2nc(C(F)(F)F)ccc12. The first kappa shape index (κ1) is 20.0. The predicted molar refractivity (Wildman–Crippen MR) is 111 cm³/mol. The molecule has 0 unspecified atom stereocenters. The van der Waals surface area contributed by atoms with Crippen LogP contribution in [0.15, 0.2) is 60.9 Å². The van der Waals surface area contributed by atoms with Crippen molar-refractivity contribution in [2.24, 2.45) is 0 Å². The topological polar surface area (TPSA) is 54.9 Å². The molecule has 0 aliphatic rings. The van der Waals surface area contributed by atoms with E-state index < -0.39 is 11.9 Å². The average molecular weight is 427 g/mol. The van der Waals surface area contributed by atoms with Gasteiger partial charge in [0.05, 0.1) is 4.88 Å². The van der Waals surface area contributed by atoms with E-state index in [2.05, 4.69) is 15.3 Å². The largest absolute Gasteiger partial charge is 0.433 e. The first-order valence-corrected chi connectivity index (χ1v) is 9.89. The summed E-state index contributed by atoms with van der Waals surface area (Å²) in [4.78, 5) is 20.9. The summed E-state index contributed by atoms with van der Waals surface area (Å²) in [7, 11) is 0. The molecule has 1 N–H and O–H groups in total. The number of halogens is 3. The molecule has 30 heavy (non-hydrogen) atoms. The summed E-state index contributed by atoms with van der Waals surface area (Å²) in [6, 6.07) is 13.6. The lowest BCUT2D eigenvalue weighted by molar-refractivity contribution is -0.140. The average Bonchev–Trinajstić information content (AvgIpc) is 3.06. The molecule has 3 heterocycles. The molecular formula is C22H16F3N3OS. The van der Waals surface area contributed by atoms with Gasteiger partial charge in [-0.15, -0.1) is 11.3 Å². The lowest BCUT2D eigenvalue weighted by Crippen LogP contribution is -2.11. The maximum Gasteiger partial charge on any atom is 0.433 e. The van der Waals surface area contributed by atoms with E-state index in [4.69, 9.17) is 0 Å². The highest BCUT2D eigenvalue weighted by molar-refractivity contribution is 7.20. The van der Waals surface area contributed by atoms with E-state index in [1.807, 2.05) is 24.3 Å². The molecule has 8 heteroatoms. The third kappa shape index (κ3) is 4.18. The molecule has 4 nitrogen and oxygen atoms in total. The fraction of sp³-hybridized carbons (Fsp3) is 0.136. The number of pyridine rings is 2. The van der Waals surface area contributed by atoms with Gasteiger partial charge in [-0.05, 0) is 66.4 Å². The number of hydrogen-bond acceptors (Lipinski definition) is 4. The van der Waals surface area contributed by atoms with Crippen LogP contribution in [-0.4, -0.2) is 15.9 Å². The minimum Gasteiger partial charge on any atom is -0.321 e. The minimum atomic E-state index is -4.52. The summed E-state index contributed by atoms with van der Waals surface area (Å²) in [5.41, 5.74) is 2.48. The number of carbonyl (C=O) groups is 1. The van der Waals surface area contributed by atoms with Gasteiger partial charge in [0.15, 0.2) is 0 Å². The molecule has 0 fully saturated rings. The van der Waals surface area contributed by atoms with Crippen LogP contribution in [0.2, 0.25) is 0 Å².